The maximum atomic E-state index is 11.5. The Morgan fingerprint density at radius 3 is 2.77 bits per heavy atom. The predicted octanol–water partition coefficient (Wildman–Crippen LogP) is 0.853. The average molecular weight is 184 g/mol. The fourth-order valence-electron chi connectivity index (χ4n) is 1.77. The predicted molar refractivity (Wildman–Crippen MR) is 53.5 cm³/mol. The number of carbonyl (C=O) groups excluding carboxylic acids is 1. The van der Waals surface area contributed by atoms with Gasteiger partial charge < -0.3 is 10.2 Å². The number of likely N-dealkylation sites (N-methyl/N-ethyl adjacent to an activating group) is 1. The number of nitrogens with zero attached hydrogens (tertiary/aromatic N) is 1. The largest absolute Gasteiger partial charge is 0.344 e. The molecule has 1 aliphatic heterocycles. The maximum absolute atomic E-state index is 11.5. The van der Waals surface area contributed by atoms with Gasteiger partial charge in [-0.05, 0) is 19.4 Å². The van der Waals surface area contributed by atoms with Gasteiger partial charge >= 0.3 is 0 Å². The van der Waals surface area contributed by atoms with Crippen LogP contribution in [0.3, 0.4) is 0 Å². The lowest BCUT2D eigenvalue weighted by molar-refractivity contribution is -0.133. The zero-order chi connectivity index (χ0) is 9.84. The third kappa shape index (κ3) is 2.99. The van der Waals surface area contributed by atoms with Crippen LogP contribution in [-0.4, -0.2) is 37.0 Å². The number of hydrogen-bond donors (Lipinski definition) is 1. The van der Waals surface area contributed by atoms with Crippen LogP contribution in [-0.2, 0) is 4.79 Å². The van der Waals surface area contributed by atoms with Gasteiger partial charge in [0.1, 0.15) is 0 Å². The van der Waals surface area contributed by atoms with Crippen molar-refractivity contribution in [1.29, 1.82) is 0 Å². The summed E-state index contributed by atoms with van der Waals surface area (Å²) >= 11 is 0. The second-order valence-corrected chi connectivity index (χ2v) is 4.17. The minimum absolute atomic E-state index is 0.117. The van der Waals surface area contributed by atoms with Crippen LogP contribution in [0.25, 0.3) is 0 Å². The van der Waals surface area contributed by atoms with Gasteiger partial charge in [-0.15, -0.1) is 0 Å². The Morgan fingerprint density at radius 2 is 2.31 bits per heavy atom. The molecule has 0 saturated carbocycles. The number of amides is 1. The van der Waals surface area contributed by atoms with Crippen molar-refractivity contribution in [3.63, 3.8) is 0 Å². The summed E-state index contributed by atoms with van der Waals surface area (Å²) in [5.74, 6) is 0.361. The highest BCUT2D eigenvalue weighted by atomic mass is 16.2. The molecule has 1 atom stereocenters. The number of hydrogen-bond acceptors (Lipinski definition) is 2. The molecular weight excluding hydrogens is 164 g/mol. The summed E-state index contributed by atoms with van der Waals surface area (Å²) in [7, 11) is 1.89. The van der Waals surface area contributed by atoms with Gasteiger partial charge in [0, 0.05) is 25.6 Å². The first-order chi connectivity index (χ1) is 6.11. The van der Waals surface area contributed by atoms with E-state index in [2.05, 4.69) is 5.32 Å². The van der Waals surface area contributed by atoms with Gasteiger partial charge in [-0.25, -0.2) is 0 Å². The Labute approximate surface area is 80.5 Å². The molecule has 1 heterocycles. The molecule has 1 aliphatic rings. The molecule has 3 heteroatoms. The zero-order valence-electron chi connectivity index (χ0n) is 8.84. The molecule has 1 unspecified atom stereocenters. The molecule has 1 saturated heterocycles. The van der Waals surface area contributed by atoms with Gasteiger partial charge in [0.05, 0.1) is 0 Å². The molecule has 1 fully saturated rings. The molecule has 0 aromatic heterocycles. The molecular formula is C10H20N2O. The van der Waals surface area contributed by atoms with E-state index in [-0.39, 0.29) is 11.8 Å². The lowest BCUT2D eigenvalue weighted by atomic mass is 10.1. The third-order valence-electron chi connectivity index (χ3n) is 2.53. The molecule has 13 heavy (non-hydrogen) atoms. The third-order valence-corrected chi connectivity index (χ3v) is 2.53. The van der Waals surface area contributed by atoms with E-state index in [0.29, 0.717) is 6.04 Å². The molecule has 0 aromatic carbocycles. The fraction of sp³-hybridized carbons (Fsp3) is 0.900. The van der Waals surface area contributed by atoms with Crippen molar-refractivity contribution >= 4 is 5.91 Å². The summed E-state index contributed by atoms with van der Waals surface area (Å²) in [6.45, 7) is 5.85. The van der Waals surface area contributed by atoms with Crippen LogP contribution in [0.1, 0.15) is 26.7 Å². The van der Waals surface area contributed by atoms with Crippen molar-refractivity contribution in [2.75, 3.05) is 20.1 Å². The minimum atomic E-state index is 0.117. The van der Waals surface area contributed by atoms with E-state index in [0.717, 1.165) is 13.1 Å². The van der Waals surface area contributed by atoms with Crippen molar-refractivity contribution in [3.8, 4) is 0 Å². The van der Waals surface area contributed by atoms with Crippen LogP contribution >= 0.6 is 0 Å². The van der Waals surface area contributed by atoms with E-state index in [1.54, 1.807) is 0 Å². The molecule has 0 radical (unpaired) electrons. The molecule has 1 N–H and O–H groups in total. The van der Waals surface area contributed by atoms with E-state index in [9.17, 15) is 4.79 Å². The van der Waals surface area contributed by atoms with E-state index >= 15 is 0 Å². The van der Waals surface area contributed by atoms with Crippen molar-refractivity contribution in [1.82, 2.24) is 10.2 Å². The van der Waals surface area contributed by atoms with Gasteiger partial charge in [-0.2, -0.15) is 0 Å². The molecule has 0 bridgehead atoms. The van der Waals surface area contributed by atoms with Gasteiger partial charge in [0.15, 0.2) is 0 Å². The highest BCUT2D eigenvalue weighted by Crippen LogP contribution is 2.07. The summed E-state index contributed by atoms with van der Waals surface area (Å²) in [6, 6.07) is 0.521. The smallest absolute Gasteiger partial charge is 0.224 e. The Balaban J connectivity index is 2.31. The van der Waals surface area contributed by atoms with Gasteiger partial charge in [0.2, 0.25) is 5.91 Å². The van der Waals surface area contributed by atoms with Crippen LogP contribution in [0.5, 0.6) is 0 Å². The molecule has 1 rings (SSSR count). The summed E-state index contributed by atoms with van der Waals surface area (Å²) in [5, 5.41) is 3.39. The van der Waals surface area contributed by atoms with E-state index in [1.165, 1.54) is 12.8 Å². The van der Waals surface area contributed by atoms with Gasteiger partial charge in [0.25, 0.3) is 0 Å². The highest BCUT2D eigenvalue weighted by molar-refractivity contribution is 5.77. The van der Waals surface area contributed by atoms with Gasteiger partial charge in [-0.3, -0.25) is 4.79 Å². The molecule has 76 valence electrons. The molecule has 1 amide bonds. The first kappa shape index (κ1) is 10.5. The molecule has 3 nitrogen and oxygen atoms in total. The summed E-state index contributed by atoms with van der Waals surface area (Å²) in [5.41, 5.74) is 0. The maximum Gasteiger partial charge on any atom is 0.224 e. The van der Waals surface area contributed by atoms with Gasteiger partial charge in [-0.1, -0.05) is 13.8 Å². The minimum Gasteiger partial charge on any atom is -0.344 e. The van der Waals surface area contributed by atoms with E-state index < -0.39 is 0 Å². The van der Waals surface area contributed by atoms with Crippen LogP contribution in [0, 0.1) is 5.92 Å². The van der Waals surface area contributed by atoms with Crippen molar-refractivity contribution in [2.45, 2.75) is 32.7 Å². The fourth-order valence-corrected chi connectivity index (χ4v) is 1.77. The van der Waals surface area contributed by atoms with Crippen LogP contribution in [0.4, 0.5) is 0 Å². The van der Waals surface area contributed by atoms with Crippen LogP contribution in [0.2, 0.25) is 0 Å². The van der Waals surface area contributed by atoms with Crippen LogP contribution < -0.4 is 5.32 Å². The quantitative estimate of drug-likeness (QED) is 0.705. The summed E-state index contributed by atoms with van der Waals surface area (Å²) < 4.78 is 0. The van der Waals surface area contributed by atoms with Crippen molar-refractivity contribution < 1.29 is 4.79 Å². The average Bonchev–Trinajstić information content (AvgIpc) is 2.55. The Hall–Kier alpha value is -0.570. The molecule has 0 spiro atoms. The first-order valence-electron chi connectivity index (χ1n) is 5.09. The molecule has 0 aromatic rings. The monoisotopic (exact) mass is 184 g/mol. The standard InChI is InChI=1S/C10H20N2O/c1-8(2)10(13)12(3)7-9-5-4-6-11-9/h8-9,11H,4-7H2,1-3H3. The normalized spacial score (nSPS) is 22.3. The van der Waals surface area contributed by atoms with Crippen LogP contribution in [0.15, 0.2) is 0 Å². The second-order valence-electron chi connectivity index (χ2n) is 4.17. The zero-order valence-corrected chi connectivity index (χ0v) is 8.84. The molecule has 0 aliphatic carbocycles. The second kappa shape index (κ2) is 4.61. The van der Waals surface area contributed by atoms with Crippen molar-refractivity contribution in [2.24, 2.45) is 5.92 Å². The lowest BCUT2D eigenvalue weighted by Gasteiger charge is -2.22. The highest BCUT2D eigenvalue weighted by Gasteiger charge is 2.19. The first-order valence-corrected chi connectivity index (χ1v) is 5.09. The van der Waals surface area contributed by atoms with E-state index in [1.807, 2.05) is 25.8 Å². The topological polar surface area (TPSA) is 32.3 Å². The Morgan fingerprint density at radius 1 is 1.62 bits per heavy atom. The Kier molecular flexibility index (Phi) is 3.72. The number of nitrogens with one attached hydrogen (secondary N) is 1. The lowest BCUT2D eigenvalue weighted by Crippen LogP contribution is -2.40. The summed E-state index contributed by atoms with van der Waals surface area (Å²) in [6.07, 6.45) is 2.45. The Bertz CT molecular complexity index is 174. The SMILES string of the molecule is CC(C)C(=O)N(C)CC1CCCN1. The van der Waals surface area contributed by atoms with Crippen molar-refractivity contribution in [3.05, 3.63) is 0 Å². The van der Waals surface area contributed by atoms with E-state index in [4.69, 9.17) is 0 Å². The number of rotatable bonds is 3. The summed E-state index contributed by atoms with van der Waals surface area (Å²) in [4.78, 5) is 13.4. The number of carbonyl (C=O) groups is 1.